The molecule has 0 amide bonds. The van der Waals surface area contributed by atoms with Crippen LogP contribution in [0.25, 0.3) is 0 Å². The molecule has 1 aliphatic carbocycles. The van der Waals surface area contributed by atoms with E-state index < -0.39 is 59.9 Å². The van der Waals surface area contributed by atoms with Crippen molar-refractivity contribution in [1.29, 1.82) is 0 Å². The molecule has 0 radical (unpaired) electrons. The number of nitrogens with one attached hydrogen (secondary N) is 1. The molecule has 2 rings (SSSR count). The summed E-state index contributed by atoms with van der Waals surface area (Å²) in [6, 6.07) is -1.86. The predicted octanol–water partition coefficient (Wildman–Crippen LogP) is -1.22. The first-order valence-electron chi connectivity index (χ1n) is 6.13. The second kappa shape index (κ2) is 5.48. The fourth-order valence-electron chi connectivity index (χ4n) is 2.52. The molecule has 2 unspecified atom stereocenters. The molecule has 7 nitrogen and oxygen atoms in total. The Morgan fingerprint density at radius 2 is 1.82 bits per heavy atom. The minimum Gasteiger partial charge on any atom is -0.396 e. The Balaban J connectivity index is 2.58. The first-order chi connectivity index (χ1) is 10.1. The van der Waals surface area contributed by atoms with Gasteiger partial charge in [0.25, 0.3) is 5.56 Å². The second-order valence-corrected chi connectivity index (χ2v) is 4.97. The van der Waals surface area contributed by atoms with Crippen molar-refractivity contribution in [3.8, 4) is 0 Å². The molecule has 0 aliphatic heterocycles. The molecule has 0 bridgehead atoms. The molecule has 4 N–H and O–H groups in total. The summed E-state index contributed by atoms with van der Waals surface area (Å²) in [5.41, 5.74) is -4.81. The summed E-state index contributed by atoms with van der Waals surface area (Å²) in [5, 5.41) is 28.3. The maximum Gasteiger partial charge on any atom is 0.423 e. The van der Waals surface area contributed by atoms with E-state index in [2.05, 4.69) is 0 Å². The fourth-order valence-corrected chi connectivity index (χ4v) is 2.52. The first-order valence-corrected chi connectivity index (χ1v) is 6.13. The lowest BCUT2D eigenvalue weighted by molar-refractivity contribution is -0.139. The van der Waals surface area contributed by atoms with Crippen molar-refractivity contribution in [1.82, 2.24) is 9.55 Å². The minimum absolute atomic E-state index is 0.0914. The molecule has 1 aliphatic rings. The first kappa shape index (κ1) is 16.6. The summed E-state index contributed by atoms with van der Waals surface area (Å²) in [7, 11) is 0. The van der Waals surface area contributed by atoms with E-state index in [0.29, 0.717) is 0 Å². The largest absolute Gasteiger partial charge is 0.423 e. The number of aromatic nitrogens is 2. The van der Waals surface area contributed by atoms with Gasteiger partial charge >= 0.3 is 11.9 Å². The quantitative estimate of drug-likeness (QED) is 0.508. The van der Waals surface area contributed by atoms with Gasteiger partial charge in [0, 0.05) is 12.1 Å². The monoisotopic (exact) mass is 328 g/mol. The van der Waals surface area contributed by atoms with Gasteiger partial charge in [0.05, 0.1) is 18.8 Å². The number of aliphatic hydroxyl groups is 3. The van der Waals surface area contributed by atoms with E-state index in [-0.39, 0.29) is 10.8 Å². The van der Waals surface area contributed by atoms with Crippen molar-refractivity contribution < 1.29 is 32.9 Å². The molecule has 1 saturated carbocycles. The van der Waals surface area contributed by atoms with Gasteiger partial charge in [-0.2, -0.15) is 13.2 Å². The third-order valence-electron chi connectivity index (χ3n) is 3.68. The summed E-state index contributed by atoms with van der Waals surface area (Å²) in [5.74, 6) is -1.46. The van der Waals surface area contributed by atoms with Crippen LogP contribution in [0.4, 0.5) is 17.6 Å². The van der Waals surface area contributed by atoms with Crippen molar-refractivity contribution in [2.75, 3.05) is 6.61 Å². The number of aliphatic hydroxyl groups excluding tert-OH is 3. The number of H-pyrrole nitrogens is 1. The molecular weight excluding hydrogens is 316 g/mol. The van der Waals surface area contributed by atoms with Crippen molar-refractivity contribution in [2.45, 2.75) is 30.6 Å². The molecule has 1 aromatic rings. The van der Waals surface area contributed by atoms with Crippen LogP contribution in [0, 0.1) is 5.92 Å². The van der Waals surface area contributed by atoms with E-state index in [0.717, 1.165) is 0 Å². The zero-order valence-corrected chi connectivity index (χ0v) is 10.8. The van der Waals surface area contributed by atoms with E-state index in [4.69, 9.17) is 5.11 Å². The fraction of sp³-hybridized carbons (Fsp3) is 0.636. The van der Waals surface area contributed by atoms with E-state index >= 15 is 0 Å². The lowest BCUT2D eigenvalue weighted by Crippen LogP contribution is -2.41. The maximum absolute atomic E-state index is 14.1. The van der Waals surface area contributed by atoms with Gasteiger partial charge in [-0.15, -0.1) is 0 Å². The van der Waals surface area contributed by atoms with Crippen LogP contribution in [0.3, 0.4) is 0 Å². The predicted molar refractivity (Wildman–Crippen MR) is 62.8 cm³/mol. The highest BCUT2D eigenvalue weighted by atomic mass is 19.4. The molecule has 1 aromatic heterocycles. The number of nitrogens with zero attached hydrogens (tertiary/aromatic N) is 1. The lowest BCUT2D eigenvalue weighted by Gasteiger charge is -2.21. The molecule has 22 heavy (non-hydrogen) atoms. The zero-order chi connectivity index (χ0) is 16.8. The Kier molecular flexibility index (Phi) is 4.15. The molecule has 5 atom stereocenters. The minimum atomic E-state index is -5.09. The molecule has 124 valence electrons. The standard InChI is InChI=1S/C11H12F4N2O5/c12-5-3(2-18)7(19)8(20)6(5)17-1-4(11(13,14)15)9(21)16-10(17)22/h1,3,5-8,18-20H,2H2,(H,16,21,22)/t3-,5+,6+,7?,8?/m0/s1. The summed E-state index contributed by atoms with van der Waals surface area (Å²) < 4.78 is 52.4. The number of halogens is 4. The SMILES string of the molecule is O=c1[nH]c(=O)n([C@H]2C(O)C(O)[C@@H](CO)[C@H]2F)cc1C(F)(F)F. The van der Waals surface area contributed by atoms with E-state index in [1.807, 2.05) is 0 Å². The van der Waals surface area contributed by atoms with E-state index in [9.17, 15) is 37.4 Å². The lowest BCUT2D eigenvalue weighted by atomic mass is 10.1. The van der Waals surface area contributed by atoms with Gasteiger partial charge in [0.1, 0.15) is 17.8 Å². The number of rotatable bonds is 2. The Morgan fingerprint density at radius 1 is 1.23 bits per heavy atom. The highest BCUT2D eigenvalue weighted by molar-refractivity contribution is 5.12. The molecule has 0 aromatic carbocycles. The van der Waals surface area contributed by atoms with Gasteiger partial charge in [-0.05, 0) is 0 Å². The average molecular weight is 328 g/mol. The Bertz CT molecular complexity index is 670. The molecule has 0 saturated heterocycles. The van der Waals surface area contributed by atoms with Gasteiger partial charge in [0.15, 0.2) is 0 Å². The molecule has 1 fully saturated rings. The topological polar surface area (TPSA) is 116 Å². The average Bonchev–Trinajstić information content (AvgIpc) is 2.60. The highest BCUT2D eigenvalue weighted by Gasteiger charge is 2.51. The van der Waals surface area contributed by atoms with Crippen LogP contribution in [0.15, 0.2) is 15.8 Å². The normalized spacial score (nSPS) is 32.4. The van der Waals surface area contributed by atoms with Crippen molar-refractivity contribution in [3.63, 3.8) is 0 Å². The Hall–Kier alpha value is -1.72. The third kappa shape index (κ3) is 2.55. The van der Waals surface area contributed by atoms with Crippen LogP contribution in [0.1, 0.15) is 11.6 Å². The van der Waals surface area contributed by atoms with Gasteiger partial charge in [0.2, 0.25) is 0 Å². The summed E-state index contributed by atoms with van der Waals surface area (Å²) in [6.45, 7) is -0.875. The number of aromatic amines is 1. The second-order valence-electron chi connectivity index (χ2n) is 4.97. The molecule has 0 spiro atoms. The van der Waals surface area contributed by atoms with Crippen LogP contribution >= 0.6 is 0 Å². The van der Waals surface area contributed by atoms with Gasteiger partial charge in [-0.3, -0.25) is 14.3 Å². The van der Waals surface area contributed by atoms with Gasteiger partial charge < -0.3 is 15.3 Å². The van der Waals surface area contributed by atoms with Crippen molar-refractivity contribution in [2.24, 2.45) is 5.92 Å². The van der Waals surface area contributed by atoms with Crippen LogP contribution in [-0.4, -0.2) is 49.9 Å². The van der Waals surface area contributed by atoms with Crippen LogP contribution in [-0.2, 0) is 6.18 Å². The molecule has 11 heteroatoms. The van der Waals surface area contributed by atoms with E-state index in [1.165, 1.54) is 4.98 Å². The zero-order valence-electron chi connectivity index (χ0n) is 10.8. The third-order valence-corrected chi connectivity index (χ3v) is 3.68. The van der Waals surface area contributed by atoms with Crippen LogP contribution in [0.5, 0.6) is 0 Å². The maximum atomic E-state index is 14.1. The summed E-state index contributed by atoms with van der Waals surface area (Å²) >= 11 is 0. The number of alkyl halides is 4. The smallest absolute Gasteiger partial charge is 0.396 e. The Morgan fingerprint density at radius 3 is 2.27 bits per heavy atom. The number of hydrogen-bond acceptors (Lipinski definition) is 5. The van der Waals surface area contributed by atoms with Gasteiger partial charge in [-0.1, -0.05) is 0 Å². The van der Waals surface area contributed by atoms with Crippen molar-refractivity contribution in [3.05, 3.63) is 32.6 Å². The van der Waals surface area contributed by atoms with Crippen LogP contribution < -0.4 is 11.2 Å². The van der Waals surface area contributed by atoms with E-state index in [1.54, 1.807) is 0 Å². The van der Waals surface area contributed by atoms with Gasteiger partial charge in [-0.25, -0.2) is 9.18 Å². The molecular formula is C11H12F4N2O5. The Labute approximate surface area is 119 Å². The summed E-state index contributed by atoms with van der Waals surface area (Å²) in [6.07, 6.45) is -10.9. The van der Waals surface area contributed by atoms with Crippen LogP contribution in [0.2, 0.25) is 0 Å². The highest BCUT2D eigenvalue weighted by Crippen LogP contribution is 2.37. The van der Waals surface area contributed by atoms with Crippen molar-refractivity contribution >= 4 is 0 Å². The summed E-state index contributed by atoms with van der Waals surface area (Å²) in [4.78, 5) is 24.2. The number of hydrogen-bond donors (Lipinski definition) is 4. The molecule has 1 heterocycles.